The molecule has 1 aliphatic rings. The van der Waals surface area contributed by atoms with E-state index in [-0.39, 0.29) is 0 Å². The van der Waals surface area contributed by atoms with Crippen LogP contribution in [0, 0.1) is 0 Å². The Morgan fingerprint density at radius 2 is 0.688 bits per heavy atom. The molecule has 0 unspecified atom stereocenters. The summed E-state index contributed by atoms with van der Waals surface area (Å²) in [6.07, 6.45) is 0. The Hall–Kier alpha value is 0.708. The van der Waals surface area contributed by atoms with Gasteiger partial charge in [-0.15, -0.1) is 0 Å². The summed E-state index contributed by atoms with van der Waals surface area (Å²) in [6, 6.07) is 4.10. The molecule has 0 spiro atoms. The molecule has 4 nitrogen and oxygen atoms in total. The number of hydrogen-bond acceptors (Lipinski definition) is 4. The molecule has 0 saturated carbocycles. The average molecular weight is 297 g/mol. The van der Waals surface area contributed by atoms with Crippen LogP contribution in [0.2, 0.25) is 24.2 Å². The van der Waals surface area contributed by atoms with Gasteiger partial charge in [-0.1, -0.05) is 27.7 Å². The molecule has 1 rings (SSSR count). The maximum atomic E-state index is 6.08. The smallest absolute Gasteiger partial charge is 0.303 e. The minimum absolute atomic E-state index is 1.03. The van der Waals surface area contributed by atoms with Crippen molar-refractivity contribution in [2.75, 3.05) is 0 Å². The Balaban J connectivity index is 2.61. The lowest BCUT2D eigenvalue weighted by molar-refractivity contribution is 0.282. The van der Waals surface area contributed by atoms with Gasteiger partial charge in [0.2, 0.25) is 0 Å². The Morgan fingerprint density at radius 3 is 0.812 bits per heavy atom. The molecule has 1 saturated heterocycles. The zero-order valence-electron chi connectivity index (χ0n) is 10.8. The van der Waals surface area contributed by atoms with Gasteiger partial charge >= 0.3 is 37.1 Å². The SMILES string of the molecule is CC[SiH]1O[SiH](CC)O[SiH](CC)O[SiH](CC)O1. The van der Waals surface area contributed by atoms with Crippen LogP contribution in [0.25, 0.3) is 0 Å². The summed E-state index contributed by atoms with van der Waals surface area (Å²) in [7, 11) is -5.89. The van der Waals surface area contributed by atoms with Gasteiger partial charge in [-0.2, -0.15) is 0 Å². The van der Waals surface area contributed by atoms with E-state index in [1.165, 1.54) is 0 Å². The molecule has 0 amide bonds. The van der Waals surface area contributed by atoms with E-state index < -0.39 is 37.1 Å². The van der Waals surface area contributed by atoms with Crippen LogP contribution in [-0.4, -0.2) is 37.1 Å². The van der Waals surface area contributed by atoms with Crippen LogP contribution in [0.5, 0.6) is 0 Å². The maximum Gasteiger partial charge on any atom is 0.303 e. The fourth-order valence-corrected chi connectivity index (χ4v) is 16.5. The van der Waals surface area contributed by atoms with Crippen LogP contribution in [0.3, 0.4) is 0 Å². The first kappa shape index (κ1) is 14.8. The van der Waals surface area contributed by atoms with Crippen molar-refractivity contribution in [1.82, 2.24) is 0 Å². The number of hydrogen-bond donors (Lipinski definition) is 0. The summed E-state index contributed by atoms with van der Waals surface area (Å²) in [5, 5.41) is 0. The maximum absolute atomic E-state index is 6.08. The molecule has 0 aromatic carbocycles. The lowest BCUT2D eigenvalue weighted by atomic mass is 11.0. The van der Waals surface area contributed by atoms with Crippen LogP contribution >= 0.6 is 0 Å². The summed E-state index contributed by atoms with van der Waals surface area (Å²) < 4.78 is 24.3. The van der Waals surface area contributed by atoms with E-state index in [1.807, 2.05) is 0 Å². The normalized spacial score (nSPS) is 36.8. The second-order valence-electron chi connectivity index (χ2n) is 3.90. The van der Waals surface area contributed by atoms with Crippen molar-refractivity contribution < 1.29 is 16.5 Å². The molecule has 16 heavy (non-hydrogen) atoms. The van der Waals surface area contributed by atoms with Gasteiger partial charge in [-0.05, 0) is 24.2 Å². The molecule has 0 radical (unpaired) electrons. The molecule has 96 valence electrons. The van der Waals surface area contributed by atoms with Crippen LogP contribution in [0.1, 0.15) is 27.7 Å². The standard InChI is InChI=1S/C8H24O4Si4/c1-5-13-9-14(6-2)11-16(8-4)12-15(7-3)10-13/h13-16H,5-8H2,1-4H3. The van der Waals surface area contributed by atoms with Gasteiger partial charge in [0.25, 0.3) is 0 Å². The van der Waals surface area contributed by atoms with Crippen molar-refractivity contribution in [3.63, 3.8) is 0 Å². The first-order valence-electron chi connectivity index (χ1n) is 6.35. The van der Waals surface area contributed by atoms with Crippen molar-refractivity contribution in [3.05, 3.63) is 0 Å². The van der Waals surface area contributed by atoms with Crippen molar-refractivity contribution in [2.24, 2.45) is 0 Å². The molecule has 1 heterocycles. The van der Waals surface area contributed by atoms with Gasteiger partial charge in [0.05, 0.1) is 0 Å². The molecule has 8 heteroatoms. The molecule has 0 aromatic heterocycles. The predicted octanol–water partition coefficient (Wildman–Crippen LogP) is 1.03. The van der Waals surface area contributed by atoms with E-state index in [0.717, 1.165) is 24.2 Å². The molecular weight excluding hydrogens is 272 g/mol. The van der Waals surface area contributed by atoms with Crippen LogP contribution < -0.4 is 0 Å². The van der Waals surface area contributed by atoms with E-state index in [1.54, 1.807) is 0 Å². The third kappa shape index (κ3) is 4.53. The highest BCUT2D eigenvalue weighted by Crippen LogP contribution is 2.15. The van der Waals surface area contributed by atoms with Gasteiger partial charge < -0.3 is 16.5 Å². The fourth-order valence-electron chi connectivity index (χ4n) is 1.58. The van der Waals surface area contributed by atoms with Gasteiger partial charge in [0, 0.05) is 0 Å². The van der Waals surface area contributed by atoms with Crippen LogP contribution in [0.15, 0.2) is 0 Å². The third-order valence-electron chi connectivity index (χ3n) is 2.55. The summed E-state index contributed by atoms with van der Waals surface area (Å²) in [5.41, 5.74) is 0. The Morgan fingerprint density at radius 1 is 0.500 bits per heavy atom. The van der Waals surface area contributed by atoms with E-state index >= 15 is 0 Å². The minimum Gasteiger partial charge on any atom is -0.420 e. The molecule has 0 N–H and O–H groups in total. The summed E-state index contributed by atoms with van der Waals surface area (Å²) in [6.45, 7) is 8.59. The molecular formula is C8H24O4Si4. The van der Waals surface area contributed by atoms with Crippen molar-refractivity contribution in [2.45, 2.75) is 51.9 Å². The second-order valence-corrected chi connectivity index (χ2v) is 15.0. The largest absolute Gasteiger partial charge is 0.420 e. The quantitative estimate of drug-likeness (QED) is 0.726. The number of rotatable bonds is 4. The third-order valence-corrected chi connectivity index (χ3v) is 14.9. The van der Waals surface area contributed by atoms with Gasteiger partial charge in [0.15, 0.2) is 0 Å². The predicted molar refractivity (Wildman–Crippen MR) is 74.9 cm³/mol. The monoisotopic (exact) mass is 296 g/mol. The summed E-state index contributed by atoms with van der Waals surface area (Å²) >= 11 is 0. The van der Waals surface area contributed by atoms with E-state index in [0.29, 0.717) is 0 Å². The zero-order valence-corrected chi connectivity index (χ0v) is 15.4. The zero-order chi connectivity index (χ0) is 12.0. The first-order chi connectivity index (χ1) is 7.73. The van der Waals surface area contributed by atoms with Crippen molar-refractivity contribution >= 4 is 37.1 Å². The fraction of sp³-hybridized carbons (Fsp3) is 1.00. The Bertz CT molecular complexity index is 149. The highest BCUT2D eigenvalue weighted by atomic mass is 28.5. The highest BCUT2D eigenvalue weighted by Gasteiger charge is 2.31. The molecule has 0 atom stereocenters. The van der Waals surface area contributed by atoms with Crippen molar-refractivity contribution in [1.29, 1.82) is 0 Å². The second kappa shape index (κ2) is 7.92. The van der Waals surface area contributed by atoms with Crippen LogP contribution in [0.4, 0.5) is 0 Å². The first-order valence-corrected chi connectivity index (χ1v) is 13.4. The summed E-state index contributed by atoms with van der Waals surface area (Å²) in [4.78, 5) is 0. The average Bonchev–Trinajstić information content (AvgIpc) is 2.29. The van der Waals surface area contributed by atoms with E-state index in [9.17, 15) is 0 Å². The molecule has 1 aliphatic heterocycles. The van der Waals surface area contributed by atoms with Gasteiger partial charge in [-0.3, -0.25) is 0 Å². The van der Waals surface area contributed by atoms with Gasteiger partial charge in [0.1, 0.15) is 0 Å². The van der Waals surface area contributed by atoms with Gasteiger partial charge in [-0.25, -0.2) is 0 Å². The molecule has 0 aliphatic carbocycles. The van der Waals surface area contributed by atoms with E-state index in [4.69, 9.17) is 16.5 Å². The lowest BCUT2D eigenvalue weighted by Crippen LogP contribution is -2.47. The molecule has 0 bridgehead atoms. The minimum atomic E-state index is -1.47. The lowest BCUT2D eigenvalue weighted by Gasteiger charge is -2.33. The Labute approximate surface area is 106 Å². The van der Waals surface area contributed by atoms with Crippen molar-refractivity contribution in [3.8, 4) is 0 Å². The summed E-state index contributed by atoms with van der Waals surface area (Å²) in [5.74, 6) is 0. The molecule has 1 fully saturated rings. The topological polar surface area (TPSA) is 36.9 Å². The van der Waals surface area contributed by atoms with E-state index in [2.05, 4.69) is 27.7 Å². The highest BCUT2D eigenvalue weighted by molar-refractivity contribution is 6.73. The Kier molecular flexibility index (Phi) is 7.31. The van der Waals surface area contributed by atoms with Crippen LogP contribution in [-0.2, 0) is 16.5 Å². The molecule has 0 aromatic rings.